The van der Waals surface area contributed by atoms with Crippen LogP contribution < -0.4 is 0 Å². The molecule has 15 heteroatoms. The molecule has 0 bridgehead atoms. The number of aliphatic hydroxyl groups excluding tert-OH is 9. The Morgan fingerprint density at radius 1 is 0.562 bits per heavy atom. The van der Waals surface area contributed by atoms with Crippen LogP contribution in [-0.2, 0) is 28.4 Å². The van der Waals surface area contributed by atoms with Crippen LogP contribution in [0.1, 0.15) is 0 Å². The van der Waals surface area contributed by atoms with Gasteiger partial charge in [0.05, 0.1) is 13.2 Å². The number of rotatable bonds is 7. The van der Waals surface area contributed by atoms with E-state index in [9.17, 15) is 46.0 Å². The van der Waals surface area contributed by atoms with Crippen LogP contribution in [0.2, 0.25) is 0 Å². The van der Waals surface area contributed by atoms with E-state index in [1.807, 2.05) is 0 Å². The van der Waals surface area contributed by atoms with Crippen LogP contribution in [0.25, 0.3) is 0 Å². The fourth-order valence-electron chi connectivity index (χ4n) is 3.78. The molecule has 0 aromatic carbocycles. The Balaban J connectivity index is 1.75. The van der Waals surface area contributed by atoms with Crippen LogP contribution in [0.15, 0.2) is 0 Å². The standard InChI is InChI=1S/C17H30O15/c1-27-15-11(25)13(14(26)32-15)31-17-10(24)12(7(21)5(3-19)29-17)30-16-9(23)8(22)6(20)4(2-18)28-16/h4-26H,2-3H2,1H3/t4?,5?,6-,7+,8?,9?,10?,11?,12?,13?,14-,15-,16+,17+/m0/s1. The zero-order valence-electron chi connectivity index (χ0n) is 17.0. The zero-order valence-corrected chi connectivity index (χ0v) is 17.0. The molecule has 8 unspecified atom stereocenters. The van der Waals surface area contributed by atoms with E-state index >= 15 is 0 Å². The highest BCUT2D eigenvalue weighted by Gasteiger charge is 2.53. The van der Waals surface area contributed by atoms with Gasteiger partial charge in [-0.05, 0) is 0 Å². The van der Waals surface area contributed by atoms with E-state index in [-0.39, 0.29) is 0 Å². The summed E-state index contributed by atoms with van der Waals surface area (Å²) in [6, 6.07) is 0. The smallest absolute Gasteiger partial charge is 0.189 e. The molecule has 0 saturated carbocycles. The number of ether oxygens (including phenoxy) is 6. The summed E-state index contributed by atoms with van der Waals surface area (Å²) in [6.45, 7) is -1.48. The van der Waals surface area contributed by atoms with Crippen LogP contribution in [0.4, 0.5) is 0 Å². The van der Waals surface area contributed by atoms with Crippen LogP contribution >= 0.6 is 0 Å². The van der Waals surface area contributed by atoms with Crippen LogP contribution in [-0.4, -0.2) is 152 Å². The molecular weight excluding hydrogens is 444 g/mol. The van der Waals surface area contributed by atoms with Crippen molar-refractivity contribution in [1.29, 1.82) is 0 Å². The minimum absolute atomic E-state index is 0.729. The quantitative estimate of drug-likeness (QED) is 0.167. The number of hydrogen-bond acceptors (Lipinski definition) is 15. The first kappa shape index (κ1) is 26.0. The fourth-order valence-corrected chi connectivity index (χ4v) is 3.78. The maximum Gasteiger partial charge on any atom is 0.189 e. The van der Waals surface area contributed by atoms with Gasteiger partial charge in [0.1, 0.15) is 61.0 Å². The number of methoxy groups -OCH3 is 1. The molecule has 9 N–H and O–H groups in total. The van der Waals surface area contributed by atoms with Gasteiger partial charge >= 0.3 is 0 Å². The third-order valence-corrected chi connectivity index (χ3v) is 5.66. The molecule has 3 fully saturated rings. The van der Waals surface area contributed by atoms with Crippen molar-refractivity contribution in [2.75, 3.05) is 20.3 Å². The summed E-state index contributed by atoms with van der Waals surface area (Å²) in [4.78, 5) is 0. The fraction of sp³-hybridized carbons (Fsp3) is 1.00. The summed E-state index contributed by atoms with van der Waals surface area (Å²) in [5.41, 5.74) is 0. The Labute approximate surface area is 181 Å². The molecule has 0 aromatic heterocycles. The second kappa shape index (κ2) is 10.8. The molecule has 3 saturated heterocycles. The van der Waals surface area contributed by atoms with Gasteiger partial charge in [-0.2, -0.15) is 0 Å². The SMILES string of the molecule is CO[C@H]1O[C@H](O)C(O[C@H]2OC(CO)[C@@H](O)C(O[C@H]3OC(CO)[C@H](O)C(O)C3O)C2O)C1O. The van der Waals surface area contributed by atoms with Crippen molar-refractivity contribution in [3.8, 4) is 0 Å². The Morgan fingerprint density at radius 2 is 1.06 bits per heavy atom. The molecule has 0 aliphatic carbocycles. The lowest BCUT2D eigenvalue weighted by Gasteiger charge is -2.46. The van der Waals surface area contributed by atoms with Crippen molar-refractivity contribution in [1.82, 2.24) is 0 Å². The van der Waals surface area contributed by atoms with Crippen LogP contribution in [0, 0.1) is 0 Å². The molecule has 0 spiro atoms. The van der Waals surface area contributed by atoms with Gasteiger partial charge in [0.25, 0.3) is 0 Å². The maximum absolute atomic E-state index is 10.7. The summed E-state index contributed by atoms with van der Waals surface area (Å²) in [5, 5.41) is 90.0. The molecule has 0 radical (unpaired) electrons. The van der Waals surface area contributed by atoms with Crippen LogP contribution in [0.3, 0.4) is 0 Å². The van der Waals surface area contributed by atoms with E-state index in [1.165, 1.54) is 7.11 Å². The van der Waals surface area contributed by atoms with Gasteiger partial charge < -0.3 is 74.4 Å². The molecule has 188 valence electrons. The van der Waals surface area contributed by atoms with Crippen molar-refractivity contribution in [2.24, 2.45) is 0 Å². The normalized spacial score (nSPS) is 52.3. The van der Waals surface area contributed by atoms with Crippen molar-refractivity contribution < 1.29 is 74.4 Å². The molecule has 3 heterocycles. The summed E-state index contributed by atoms with van der Waals surface area (Å²) in [7, 11) is 1.22. The number of hydrogen-bond donors (Lipinski definition) is 9. The molecule has 32 heavy (non-hydrogen) atoms. The molecule has 3 aliphatic heterocycles. The second-order valence-corrected chi connectivity index (χ2v) is 7.73. The topological polar surface area (TPSA) is 237 Å². The van der Waals surface area contributed by atoms with Gasteiger partial charge in [-0.15, -0.1) is 0 Å². The predicted molar refractivity (Wildman–Crippen MR) is 95.2 cm³/mol. The summed E-state index contributed by atoms with van der Waals surface area (Å²) >= 11 is 0. The minimum Gasteiger partial charge on any atom is -0.394 e. The number of aliphatic hydroxyl groups is 9. The molecule has 0 amide bonds. The second-order valence-electron chi connectivity index (χ2n) is 7.73. The van der Waals surface area contributed by atoms with Crippen LogP contribution in [0.5, 0.6) is 0 Å². The molecular formula is C17H30O15. The highest BCUT2D eigenvalue weighted by atomic mass is 16.8. The Bertz CT molecular complexity index is 594. The van der Waals surface area contributed by atoms with E-state index in [0.29, 0.717) is 0 Å². The van der Waals surface area contributed by atoms with Gasteiger partial charge in [0, 0.05) is 7.11 Å². The first-order valence-corrected chi connectivity index (χ1v) is 9.92. The predicted octanol–water partition coefficient (Wildman–Crippen LogP) is -6.32. The Hall–Kier alpha value is -0.600. The third kappa shape index (κ3) is 4.92. The summed E-state index contributed by atoms with van der Waals surface area (Å²) < 4.78 is 31.2. The van der Waals surface area contributed by atoms with Crippen molar-refractivity contribution in [2.45, 2.75) is 86.2 Å². The maximum atomic E-state index is 10.7. The van der Waals surface area contributed by atoms with E-state index in [0.717, 1.165) is 0 Å². The minimum atomic E-state index is -1.82. The Morgan fingerprint density at radius 3 is 1.59 bits per heavy atom. The van der Waals surface area contributed by atoms with Crippen molar-refractivity contribution >= 4 is 0 Å². The molecule has 0 aromatic rings. The van der Waals surface area contributed by atoms with Gasteiger partial charge in [-0.3, -0.25) is 0 Å². The van der Waals surface area contributed by atoms with E-state index in [1.54, 1.807) is 0 Å². The van der Waals surface area contributed by atoms with Crippen molar-refractivity contribution in [3.05, 3.63) is 0 Å². The lowest BCUT2D eigenvalue weighted by molar-refractivity contribution is -0.368. The molecule has 14 atom stereocenters. The molecule has 3 rings (SSSR count). The first-order chi connectivity index (χ1) is 15.1. The van der Waals surface area contributed by atoms with Gasteiger partial charge in [0.2, 0.25) is 0 Å². The zero-order chi connectivity index (χ0) is 23.7. The largest absolute Gasteiger partial charge is 0.394 e. The van der Waals surface area contributed by atoms with Gasteiger partial charge in [-0.25, -0.2) is 0 Å². The monoisotopic (exact) mass is 474 g/mol. The summed E-state index contributed by atoms with van der Waals surface area (Å²) in [5.74, 6) is 0. The van der Waals surface area contributed by atoms with E-state index in [4.69, 9.17) is 28.4 Å². The lowest BCUT2D eigenvalue weighted by atomic mass is 9.97. The summed E-state index contributed by atoms with van der Waals surface area (Å²) in [6.07, 6.45) is -22.2. The Kier molecular flexibility index (Phi) is 8.75. The van der Waals surface area contributed by atoms with Gasteiger partial charge in [0.15, 0.2) is 25.2 Å². The highest BCUT2D eigenvalue weighted by molar-refractivity contribution is 4.95. The van der Waals surface area contributed by atoms with E-state index in [2.05, 4.69) is 0 Å². The lowest BCUT2D eigenvalue weighted by Crippen LogP contribution is -2.65. The third-order valence-electron chi connectivity index (χ3n) is 5.66. The van der Waals surface area contributed by atoms with Crippen molar-refractivity contribution in [3.63, 3.8) is 0 Å². The molecule has 3 aliphatic rings. The van der Waals surface area contributed by atoms with E-state index < -0.39 is 99.4 Å². The molecule has 15 nitrogen and oxygen atoms in total. The average Bonchev–Trinajstić information content (AvgIpc) is 3.05. The average molecular weight is 474 g/mol. The first-order valence-electron chi connectivity index (χ1n) is 9.92. The highest BCUT2D eigenvalue weighted by Crippen LogP contribution is 2.32. The van der Waals surface area contributed by atoms with Gasteiger partial charge in [-0.1, -0.05) is 0 Å².